The second-order valence-electron chi connectivity index (χ2n) is 9.54. The normalized spacial score (nSPS) is 30.8. The summed E-state index contributed by atoms with van der Waals surface area (Å²) in [5, 5.41) is 3.64. The fourth-order valence-corrected chi connectivity index (χ4v) is 4.97. The van der Waals surface area contributed by atoms with Gasteiger partial charge in [0, 0.05) is 19.4 Å². The minimum absolute atomic E-state index is 0. The molecule has 1 aliphatic carbocycles. The van der Waals surface area contributed by atoms with Crippen LogP contribution in [0.15, 0.2) is 18.2 Å². The third kappa shape index (κ3) is 5.80. The highest BCUT2D eigenvalue weighted by Gasteiger charge is 2.44. The summed E-state index contributed by atoms with van der Waals surface area (Å²) in [5.41, 5.74) is 9.18. The van der Waals surface area contributed by atoms with E-state index in [2.05, 4.69) is 26.1 Å². The Hall–Kier alpha value is -1.50. The number of nitrogens with one attached hydrogen (secondary N) is 1. The Labute approximate surface area is 186 Å². The number of ether oxygens (including phenoxy) is 3. The molecule has 1 aliphatic heterocycles. The molecule has 2 unspecified atom stereocenters. The van der Waals surface area contributed by atoms with E-state index >= 15 is 0 Å². The van der Waals surface area contributed by atoms with Gasteiger partial charge in [0.05, 0.1) is 24.6 Å². The minimum Gasteiger partial charge on any atom is -0.430 e. The summed E-state index contributed by atoms with van der Waals surface area (Å²) in [7, 11) is 0. The lowest BCUT2D eigenvalue weighted by Gasteiger charge is -2.41. The number of nitrogen functional groups attached to an aromatic ring is 1. The van der Waals surface area contributed by atoms with E-state index in [4.69, 9.17) is 19.9 Å². The van der Waals surface area contributed by atoms with Crippen LogP contribution in [0.25, 0.3) is 0 Å². The van der Waals surface area contributed by atoms with E-state index in [1.54, 1.807) is 13.8 Å². The van der Waals surface area contributed by atoms with Gasteiger partial charge < -0.3 is 25.3 Å². The molecule has 3 rings (SSSR count). The van der Waals surface area contributed by atoms with Crippen LogP contribution in [0.4, 0.5) is 11.4 Å². The number of rotatable bonds is 5. The van der Waals surface area contributed by atoms with Crippen LogP contribution in [0.3, 0.4) is 0 Å². The van der Waals surface area contributed by atoms with E-state index in [0.29, 0.717) is 36.3 Å². The van der Waals surface area contributed by atoms with Crippen molar-refractivity contribution in [2.24, 2.45) is 11.3 Å². The molecule has 1 aromatic carbocycles. The molecule has 0 bridgehead atoms. The predicted octanol–water partition coefficient (Wildman–Crippen LogP) is 5.07. The van der Waals surface area contributed by atoms with Gasteiger partial charge in [0.2, 0.25) is 5.79 Å². The van der Waals surface area contributed by atoms with Crippen molar-refractivity contribution >= 4 is 29.8 Å². The molecule has 1 heterocycles. The fraction of sp³-hybridized carbons (Fsp3) is 0.696. The average molecular weight is 441 g/mol. The maximum atomic E-state index is 11.9. The lowest BCUT2D eigenvalue weighted by Crippen LogP contribution is -2.46. The zero-order valence-electron chi connectivity index (χ0n) is 18.8. The second-order valence-corrected chi connectivity index (χ2v) is 9.54. The first-order valence-corrected chi connectivity index (χ1v) is 10.8. The largest absolute Gasteiger partial charge is 0.430 e. The summed E-state index contributed by atoms with van der Waals surface area (Å²) >= 11 is 0. The zero-order valence-corrected chi connectivity index (χ0v) is 19.6. The number of carbonyl (C=O) groups is 1. The summed E-state index contributed by atoms with van der Waals surface area (Å²) in [5.74, 6) is -0.781. The minimum atomic E-state index is -1.16. The smallest absolute Gasteiger partial charge is 0.308 e. The van der Waals surface area contributed by atoms with Gasteiger partial charge in [-0.2, -0.15) is 0 Å². The molecule has 30 heavy (non-hydrogen) atoms. The van der Waals surface area contributed by atoms with Crippen LogP contribution in [-0.4, -0.2) is 31.0 Å². The highest BCUT2D eigenvalue weighted by Crippen LogP contribution is 2.41. The average Bonchev–Trinajstić information content (AvgIpc) is 2.62. The summed E-state index contributed by atoms with van der Waals surface area (Å²) in [4.78, 5) is 11.9. The van der Waals surface area contributed by atoms with Crippen molar-refractivity contribution in [1.29, 1.82) is 0 Å². The highest BCUT2D eigenvalue weighted by atomic mass is 35.5. The lowest BCUT2D eigenvalue weighted by atomic mass is 9.70. The summed E-state index contributed by atoms with van der Waals surface area (Å²) in [6.07, 6.45) is 3.30. The van der Waals surface area contributed by atoms with Crippen LogP contribution in [-0.2, 0) is 19.0 Å². The molecule has 0 amide bonds. The van der Waals surface area contributed by atoms with E-state index in [1.165, 1.54) is 6.42 Å². The Morgan fingerprint density at radius 2 is 2.00 bits per heavy atom. The van der Waals surface area contributed by atoms with Crippen molar-refractivity contribution < 1.29 is 19.0 Å². The van der Waals surface area contributed by atoms with Gasteiger partial charge in [0.15, 0.2) is 0 Å². The van der Waals surface area contributed by atoms with E-state index in [9.17, 15) is 4.79 Å². The number of hydrogen-bond donors (Lipinski definition) is 2. The number of nitrogens with two attached hydrogens (primary N) is 1. The van der Waals surface area contributed by atoms with E-state index in [0.717, 1.165) is 24.1 Å². The Kier molecular flexibility index (Phi) is 8.05. The lowest BCUT2D eigenvalue weighted by molar-refractivity contribution is -0.305. The molecule has 1 aromatic rings. The van der Waals surface area contributed by atoms with Crippen molar-refractivity contribution in [1.82, 2.24) is 0 Å². The van der Waals surface area contributed by atoms with Gasteiger partial charge in [-0.25, -0.2) is 0 Å². The van der Waals surface area contributed by atoms with Gasteiger partial charge in [-0.3, -0.25) is 4.79 Å². The Bertz CT molecular complexity index is 742. The standard InChI is InChI=1S/C23H36N2O4.ClH/c1-6-20(26)29-23(5)21(27-9-10-28-23)16-7-8-19(18(24)12-16)25-17-11-15(2)13-22(3,4)14-17;/h7-8,12,15,17,21,25H,6,9-11,13-14,24H2,1-5H3;1H/t15-,17+,21?,23?;/m0./s1. The molecule has 2 fully saturated rings. The summed E-state index contributed by atoms with van der Waals surface area (Å²) < 4.78 is 17.3. The molecule has 1 saturated carbocycles. The van der Waals surface area contributed by atoms with E-state index in [-0.39, 0.29) is 24.8 Å². The topological polar surface area (TPSA) is 82.8 Å². The third-order valence-corrected chi connectivity index (χ3v) is 5.96. The third-order valence-electron chi connectivity index (χ3n) is 5.96. The van der Waals surface area contributed by atoms with Gasteiger partial charge in [-0.1, -0.05) is 33.8 Å². The van der Waals surface area contributed by atoms with Crippen LogP contribution in [0.2, 0.25) is 0 Å². The second kappa shape index (κ2) is 9.75. The number of anilines is 2. The Balaban J connectivity index is 0.00000320. The molecule has 7 heteroatoms. The van der Waals surface area contributed by atoms with Crippen LogP contribution in [0, 0.1) is 11.3 Å². The molecule has 0 spiro atoms. The Morgan fingerprint density at radius 1 is 1.27 bits per heavy atom. The first-order chi connectivity index (χ1) is 13.6. The molecule has 0 aromatic heterocycles. The predicted molar refractivity (Wildman–Crippen MR) is 122 cm³/mol. The number of carbonyl (C=O) groups excluding carboxylic acids is 1. The maximum absolute atomic E-state index is 11.9. The van der Waals surface area contributed by atoms with Gasteiger partial charge in [0.25, 0.3) is 0 Å². The highest BCUT2D eigenvalue weighted by molar-refractivity contribution is 5.85. The van der Waals surface area contributed by atoms with E-state index < -0.39 is 11.9 Å². The summed E-state index contributed by atoms with van der Waals surface area (Å²) in [6.45, 7) is 11.3. The first-order valence-electron chi connectivity index (χ1n) is 10.8. The summed E-state index contributed by atoms with van der Waals surface area (Å²) in [6, 6.07) is 6.29. The van der Waals surface area contributed by atoms with Crippen molar-refractivity contribution in [3.8, 4) is 0 Å². The van der Waals surface area contributed by atoms with Crippen molar-refractivity contribution in [3.63, 3.8) is 0 Å². The Morgan fingerprint density at radius 3 is 2.63 bits per heavy atom. The van der Waals surface area contributed by atoms with Crippen LogP contribution in [0.1, 0.15) is 72.0 Å². The number of halogens is 1. The number of benzene rings is 1. The molecular formula is C23H37ClN2O4. The van der Waals surface area contributed by atoms with Gasteiger partial charge in [-0.15, -0.1) is 12.4 Å². The molecule has 6 nitrogen and oxygen atoms in total. The zero-order chi connectivity index (χ0) is 21.2. The molecule has 4 atom stereocenters. The van der Waals surface area contributed by atoms with Crippen molar-refractivity contribution in [3.05, 3.63) is 23.8 Å². The van der Waals surface area contributed by atoms with Gasteiger partial charge in [-0.05, 0) is 48.3 Å². The van der Waals surface area contributed by atoms with Crippen molar-refractivity contribution in [2.45, 2.75) is 78.2 Å². The fourth-order valence-electron chi connectivity index (χ4n) is 4.97. The van der Waals surface area contributed by atoms with Crippen LogP contribution >= 0.6 is 12.4 Å². The molecule has 3 N–H and O–H groups in total. The molecule has 170 valence electrons. The number of esters is 1. The van der Waals surface area contributed by atoms with Gasteiger partial charge >= 0.3 is 5.97 Å². The molecule has 2 aliphatic rings. The molecule has 1 saturated heterocycles. The van der Waals surface area contributed by atoms with Crippen molar-refractivity contribution in [2.75, 3.05) is 24.3 Å². The quantitative estimate of drug-likeness (QED) is 0.491. The molecule has 0 radical (unpaired) electrons. The van der Waals surface area contributed by atoms with Crippen LogP contribution in [0.5, 0.6) is 0 Å². The van der Waals surface area contributed by atoms with Gasteiger partial charge in [0.1, 0.15) is 6.10 Å². The SMILES string of the molecule is CCC(=O)OC1(C)OCCOC1c1ccc(N[C@@H]2C[C@H](C)CC(C)(C)C2)c(N)c1.Cl. The number of hydrogen-bond acceptors (Lipinski definition) is 6. The van der Waals surface area contributed by atoms with Crippen LogP contribution < -0.4 is 11.1 Å². The first kappa shape index (κ1) is 24.8. The monoisotopic (exact) mass is 440 g/mol. The van der Waals surface area contributed by atoms with E-state index in [1.807, 2.05) is 18.2 Å². The molecular weight excluding hydrogens is 404 g/mol. The maximum Gasteiger partial charge on any atom is 0.308 e.